The average molecular weight is 539 g/mol. The molecule has 0 radical (unpaired) electrons. The fraction of sp³-hybridized carbons (Fsp3) is 0.487. The highest BCUT2D eigenvalue weighted by Gasteiger charge is 2.30. The molecule has 0 heterocycles. The number of benzene rings is 3. The Morgan fingerprint density at radius 3 is 2.23 bits per heavy atom. The first-order valence-electron chi connectivity index (χ1n) is 15.8. The Balaban J connectivity index is 1.64. The molecule has 4 rings (SSSR count). The van der Waals surface area contributed by atoms with Gasteiger partial charge < -0.3 is 0 Å². The van der Waals surface area contributed by atoms with E-state index in [1.807, 2.05) is 6.07 Å². The van der Waals surface area contributed by atoms with E-state index in [1.54, 1.807) is 6.07 Å². The van der Waals surface area contributed by atoms with Crippen molar-refractivity contribution < 1.29 is 4.39 Å². The summed E-state index contributed by atoms with van der Waals surface area (Å²) in [6.07, 6.45) is 10.2. The van der Waals surface area contributed by atoms with E-state index in [-0.39, 0.29) is 11.2 Å². The Morgan fingerprint density at radius 1 is 0.900 bits per heavy atom. The number of rotatable bonds is 14. The van der Waals surface area contributed by atoms with Crippen LogP contribution in [0.2, 0.25) is 0 Å². The summed E-state index contributed by atoms with van der Waals surface area (Å²) < 4.78 is 15.2. The second-order valence-electron chi connectivity index (χ2n) is 13.2. The van der Waals surface area contributed by atoms with Crippen molar-refractivity contribution in [1.82, 2.24) is 0 Å². The average Bonchev–Trinajstić information content (AvgIpc) is 3.76. The van der Waals surface area contributed by atoms with Gasteiger partial charge in [-0.05, 0) is 114 Å². The van der Waals surface area contributed by atoms with Crippen LogP contribution in [-0.2, 0) is 19.3 Å². The van der Waals surface area contributed by atoms with Crippen molar-refractivity contribution in [3.63, 3.8) is 0 Å². The minimum Gasteiger partial charge on any atom is -0.206 e. The van der Waals surface area contributed by atoms with Crippen molar-refractivity contribution in [1.29, 1.82) is 0 Å². The molecule has 0 N–H and O–H groups in total. The Bertz CT molecular complexity index is 1290. The number of halogens is 1. The number of allylic oxidation sites excluding steroid dienone is 1. The highest BCUT2D eigenvalue weighted by molar-refractivity contribution is 5.70. The Kier molecular flexibility index (Phi) is 10.1. The molecule has 1 saturated carbocycles. The van der Waals surface area contributed by atoms with E-state index in [2.05, 4.69) is 96.7 Å². The van der Waals surface area contributed by atoms with Crippen LogP contribution in [0.15, 0.2) is 72.8 Å². The lowest BCUT2D eigenvalue weighted by Gasteiger charge is -2.35. The number of aryl methyl sites for hydroxylation is 3. The molecule has 0 spiro atoms. The van der Waals surface area contributed by atoms with E-state index in [9.17, 15) is 0 Å². The molecule has 1 aliphatic rings. The summed E-state index contributed by atoms with van der Waals surface area (Å²) >= 11 is 0. The summed E-state index contributed by atoms with van der Waals surface area (Å²) in [5.74, 6) is 1.74. The monoisotopic (exact) mass is 538 g/mol. The fourth-order valence-electron chi connectivity index (χ4n) is 6.54. The quantitative estimate of drug-likeness (QED) is 0.179. The van der Waals surface area contributed by atoms with Crippen molar-refractivity contribution in [3.8, 4) is 11.1 Å². The van der Waals surface area contributed by atoms with Crippen LogP contribution in [0.5, 0.6) is 0 Å². The zero-order chi connectivity index (χ0) is 28.9. The van der Waals surface area contributed by atoms with Crippen LogP contribution in [0.1, 0.15) is 120 Å². The molecule has 214 valence electrons. The third-order valence-corrected chi connectivity index (χ3v) is 9.52. The lowest BCUT2D eigenvalue weighted by molar-refractivity contribution is 0.267. The SMILES string of the molecule is C=C(C)CC(CC1CC1)c1cccc(CCc2ccc(-c3cc(CC)ccc3F)c(C(CC)C(C)(C)CC)c2)c1. The highest BCUT2D eigenvalue weighted by Crippen LogP contribution is 2.45. The van der Waals surface area contributed by atoms with Crippen molar-refractivity contribution in [2.45, 2.75) is 111 Å². The van der Waals surface area contributed by atoms with E-state index < -0.39 is 0 Å². The van der Waals surface area contributed by atoms with Gasteiger partial charge in [0.1, 0.15) is 5.82 Å². The maximum atomic E-state index is 15.2. The molecular formula is C39H51F. The number of hydrogen-bond acceptors (Lipinski definition) is 0. The second-order valence-corrected chi connectivity index (χ2v) is 13.2. The van der Waals surface area contributed by atoms with Gasteiger partial charge in [0, 0.05) is 5.56 Å². The molecule has 0 saturated heterocycles. The van der Waals surface area contributed by atoms with Gasteiger partial charge in [-0.15, -0.1) is 6.58 Å². The first-order valence-corrected chi connectivity index (χ1v) is 15.8. The van der Waals surface area contributed by atoms with Crippen LogP contribution < -0.4 is 0 Å². The summed E-state index contributed by atoms with van der Waals surface area (Å²) in [6, 6.07) is 21.8. The van der Waals surface area contributed by atoms with E-state index in [0.717, 1.165) is 55.6 Å². The van der Waals surface area contributed by atoms with Gasteiger partial charge in [0.15, 0.2) is 0 Å². The topological polar surface area (TPSA) is 0 Å². The van der Waals surface area contributed by atoms with Crippen molar-refractivity contribution in [2.24, 2.45) is 11.3 Å². The predicted octanol–water partition coefficient (Wildman–Crippen LogP) is 11.6. The minimum absolute atomic E-state index is 0.123. The van der Waals surface area contributed by atoms with Crippen molar-refractivity contribution in [2.75, 3.05) is 0 Å². The van der Waals surface area contributed by atoms with E-state index in [4.69, 9.17) is 0 Å². The molecule has 0 bridgehead atoms. The Labute approximate surface area is 244 Å². The third kappa shape index (κ3) is 7.54. The van der Waals surface area contributed by atoms with Gasteiger partial charge in [-0.2, -0.15) is 0 Å². The van der Waals surface area contributed by atoms with Gasteiger partial charge in [0.25, 0.3) is 0 Å². The van der Waals surface area contributed by atoms with E-state index in [0.29, 0.717) is 11.8 Å². The highest BCUT2D eigenvalue weighted by atomic mass is 19.1. The summed E-state index contributed by atoms with van der Waals surface area (Å²) in [6.45, 7) is 17.8. The van der Waals surface area contributed by atoms with Crippen LogP contribution in [0, 0.1) is 17.2 Å². The van der Waals surface area contributed by atoms with Crippen molar-refractivity contribution >= 4 is 0 Å². The zero-order valence-electron chi connectivity index (χ0n) is 26.0. The van der Waals surface area contributed by atoms with Crippen LogP contribution in [0.25, 0.3) is 11.1 Å². The predicted molar refractivity (Wildman–Crippen MR) is 172 cm³/mol. The minimum atomic E-state index is -0.123. The molecule has 2 atom stereocenters. The summed E-state index contributed by atoms with van der Waals surface area (Å²) in [4.78, 5) is 0. The molecule has 0 aliphatic heterocycles. The van der Waals surface area contributed by atoms with Gasteiger partial charge in [-0.3, -0.25) is 0 Å². The number of hydrogen-bond donors (Lipinski definition) is 0. The summed E-state index contributed by atoms with van der Waals surface area (Å²) in [5.41, 5.74) is 9.95. The largest absolute Gasteiger partial charge is 0.206 e. The summed E-state index contributed by atoms with van der Waals surface area (Å²) in [7, 11) is 0. The normalized spacial score (nSPS) is 15.2. The maximum absolute atomic E-state index is 15.2. The molecule has 1 fully saturated rings. The lowest BCUT2D eigenvalue weighted by Crippen LogP contribution is -2.22. The molecule has 0 aromatic heterocycles. The van der Waals surface area contributed by atoms with Crippen LogP contribution in [0.4, 0.5) is 4.39 Å². The maximum Gasteiger partial charge on any atom is 0.131 e. The molecule has 3 aromatic rings. The smallest absolute Gasteiger partial charge is 0.131 e. The van der Waals surface area contributed by atoms with Gasteiger partial charge in [-0.25, -0.2) is 4.39 Å². The van der Waals surface area contributed by atoms with Gasteiger partial charge >= 0.3 is 0 Å². The van der Waals surface area contributed by atoms with E-state index in [1.165, 1.54) is 52.7 Å². The zero-order valence-corrected chi connectivity index (χ0v) is 26.0. The fourth-order valence-corrected chi connectivity index (χ4v) is 6.54. The molecule has 2 unspecified atom stereocenters. The molecule has 0 nitrogen and oxygen atoms in total. The van der Waals surface area contributed by atoms with Crippen LogP contribution in [-0.4, -0.2) is 0 Å². The lowest BCUT2D eigenvalue weighted by atomic mass is 9.70. The van der Waals surface area contributed by atoms with E-state index >= 15 is 4.39 Å². The third-order valence-electron chi connectivity index (χ3n) is 9.52. The second kappa shape index (κ2) is 13.3. The Morgan fingerprint density at radius 2 is 1.60 bits per heavy atom. The molecule has 3 aromatic carbocycles. The molecule has 1 aliphatic carbocycles. The molecule has 0 amide bonds. The summed E-state index contributed by atoms with van der Waals surface area (Å²) in [5, 5.41) is 0. The molecule has 40 heavy (non-hydrogen) atoms. The van der Waals surface area contributed by atoms with Crippen molar-refractivity contribution in [3.05, 3.63) is 106 Å². The standard InChI is InChI=1S/C39H51F/c1-8-28-19-21-38(40)36(25-28)34-20-18-31(26-35(34)37(9-2)39(6,7)10-3)17-14-29-12-11-13-32(23-29)33(22-27(4)5)24-30-15-16-30/h11-13,18-21,23,25-26,30,33,37H,4,8-10,14-17,22,24H2,1-3,5-7H3. The Hall–Kier alpha value is -2.67. The first-order chi connectivity index (χ1) is 19.1. The van der Waals surface area contributed by atoms with Crippen LogP contribution in [0.3, 0.4) is 0 Å². The van der Waals surface area contributed by atoms with Gasteiger partial charge in [0.2, 0.25) is 0 Å². The van der Waals surface area contributed by atoms with Gasteiger partial charge in [0.05, 0.1) is 0 Å². The van der Waals surface area contributed by atoms with Gasteiger partial charge in [-0.1, -0.05) is 108 Å². The first kappa shape index (κ1) is 30.3. The van der Waals surface area contributed by atoms with Crippen LogP contribution >= 0.6 is 0 Å². The molecular weight excluding hydrogens is 487 g/mol. The molecule has 1 heteroatoms.